The zero-order chi connectivity index (χ0) is 12.3. The number of hydrogen-bond acceptors (Lipinski definition) is 5. The Morgan fingerprint density at radius 1 is 1.18 bits per heavy atom. The summed E-state index contributed by atoms with van der Waals surface area (Å²) in [4.78, 5) is 17.1. The van der Waals surface area contributed by atoms with Crippen LogP contribution in [-0.4, -0.2) is 27.0 Å². The number of aryl methyl sites for hydroxylation is 1. The van der Waals surface area contributed by atoms with Crippen LogP contribution >= 0.6 is 15.9 Å². The van der Waals surface area contributed by atoms with Crippen LogP contribution in [0.3, 0.4) is 0 Å². The molecular formula is C11H12BrN5. The standard InChI is InChI=1S/C11H12BrN5/c1-3-7-8(12)9(13-2)17-11(16-7)10-14-5-4-6-15-10/h4-6H,3H2,1-2H3,(H,13,16,17). The molecule has 0 bridgehead atoms. The summed E-state index contributed by atoms with van der Waals surface area (Å²) < 4.78 is 0.891. The Morgan fingerprint density at radius 3 is 2.47 bits per heavy atom. The predicted molar refractivity (Wildman–Crippen MR) is 69.7 cm³/mol. The van der Waals surface area contributed by atoms with Crippen molar-refractivity contribution in [2.45, 2.75) is 13.3 Å². The van der Waals surface area contributed by atoms with E-state index < -0.39 is 0 Å². The Morgan fingerprint density at radius 2 is 1.88 bits per heavy atom. The van der Waals surface area contributed by atoms with Crippen LogP contribution in [0, 0.1) is 0 Å². The number of nitrogens with zero attached hydrogens (tertiary/aromatic N) is 4. The van der Waals surface area contributed by atoms with E-state index in [0.717, 1.165) is 22.4 Å². The van der Waals surface area contributed by atoms with Gasteiger partial charge in [0.15, 0.2) is 11.6 Å². The maximum Gasteiger partial charge on any atom is 0.200 e. The number of hydrogen-bond donors (Lipinski definition) is 1. The lowest BCUT2D eigenvalue weighted by atomic mass is 10.3. The summed E-state index contributed by atoms with van der Waals surface area (Å²) in [6.07, 6.45) is 4.18. The molecule has 0 unspecified atom stereocenters. The molecule has 0 atom stereocenters. The van der Waals surface area contributed by atoms with E-state index in [-0.39, 0.29) is 0 Å². The van der Waals surface area contributed by atoms with Crippen molar-refractivity contribution in [2.24, 2.45) is 0 Å². The topological polar surface area (TPSA) is 63.6 Å². The van der Waals surface area contributed by atoms with Crippen molar-refractivity contribution in [2.75, 3.05) is 12.4 Å². The predicted octanol–water partition coefficient (Wildman–Crippen LogP) is 2.30. The van der Waals surface area contributed by atoms with Gasteiger partial charge in [0.25, 0.3) is 0 Å². The van der Waals surface area contributed by atoms with Gasteiger partial charge in [0.1, 0.15) is 5.82 Å². The van der Waals surface area contributed by atoms with Gasteiger partial charge in [0.2, 0.25) is 0 Å². The molecule has 5 nitrogen and oxygen atoms in total. The molecular weight excluding hydrogens is 282 g/mol. The van der Waals surface area contributed by atoms with E-state index in [4.69, 9.17) is 0 Å². The Bertz CT molecular complexity index is 490. The summed E-state index contributed by atoms with van der Waals surface area (Å²) >= 11 is 3.48. The highest BCUT2D eigenvalue weighted by Crippen LogP contribution is 2.25. The van der Waals surface area contributed by atoms with Crippen molar-refractivity contribution in [3.8, 4) is 11.6 Å². The normalized spacial score (nSPS) is 10.3. The van der Waals surface area contributed by atoms with Crippen LogP contribution in [0.25, 0.3) is 11.6 Å². The van der Waals surface area contributed by atoms with E-state index in [1.165, 1.54) is 0 Å². The molecule has 0 spiro atoms. The second kappa shape index (κ2) is 5.18. The van der Waals surface area contributed by atoms with Gasteiger partial charge in [-0.15, -0.1) is 0 Å². The highest BCUT2D eigenvalue weighted by molar-refractivity contribution is 9.10. The first kappa shape index (κ1) is 11.9. The smallest absolute Gasteiger partial charge is 0.200 e. The fourth-order valence-corrected chi connectivity index (χ4v) is 2.06. The fraction of sp³-hybridized carbons (Fsp3) is 0.273. The third-order valence-corrected chi connectivity index (χ3v) is 3.09. The molecule has 0 saturated heterocycles. The van der Waals surface area contributed by atoms with Gasteiger partial charge in [-0.05, 0) is 28.4 Å². The van der Waals surface area contributed by atoms with E-state index >= 15 is 0 Å². The van der Waals surface area contributed by atoms with Crippen molar-refractivity contribution in [3.05, 3.63) is 28.6 Å². The molecule has 1 N–H and O–H groups in total. The average molecular weight is 294 g/mol. The van der Waals surface area contributed by atoms with Crippen LogP contribution in [0.2, 0.25) is 0 Å². The van der Waals surface area contributed by atoms with Gasteiger partial charge in [-0.1, -0.05) is 6.92 Å². The molecule has 0 amide bonds. The monoisotopic (exact) mass is 293 g/mol. The molecule has 0 aliphatic rings. The fourth-order valence-electron chi connectivity index (χ4n) is 1.41. The largest absolute Gasteiger partial charge is 0.372 e. The molecule has 2 aromatic rings. The van der Waals surface area contributed by atoms with Gasteiger partial charge < -0.3 is 5.32 Å². The van der Waals surface area contributed by atoms with Gasteiger partial charge in [-0.2, -0.15) is 0 Å². The first-order valence-corrected chi connectivity index (χ1v) is 6.07. The van der Waals surface area contributed by atoms with Crippen LogP contribution in [0.4, 0.5) is 5.82 Å². The van der Waals surface area contributed by atoms with Crippen LogP contribution in [-0.2, 0) is 6.42 Å². The first-order chi connectivity index (χ1) is 8.26. The highest BCUT2D eigenvalue weighted by Gasteiger charge is 2.12. The minimum atomic E-state index is 0.534. The van der Waals surface area contributed by atoms with Gasteiger partial charge >= 0.3 is 0 Å². The molecule has 6 heteroatoms. The maximum absolute atomic E-state index is 4.45. The Kier molecular flexibility index (Phi) is 3.63. The Labute approximate surface area is 108 Å². The quantitative estimate of drug-likeness (QED) is 0.941. The van der Waals surface area contributed by atoms with Gasteiger partial charge in [0.05, 0.1) is 10.2 Å². The van der Waals surface area contributed by atoms with Gasteiger partial charge in [-0.25, -0.2) is 19.9 Å². The molecule has 2 aromatic heterocycles. The molecule has 0 radical (unpaired) electrons. The third kappa shape index (κ3) is 2.41. The first-order valence-electron chi connectivity index (χ1n) is 5.27. The lowest BCUT2D eigenvalue weighted by molar-refractivity contribution is 0.972. The molecule has 17 heavy (non-hydrogen) atoms. The van der Waals surface area contributed by atoms with Crippen LogP contribution < -0.4 is 5.32 Å². The third-order valence-electron chi connectivity index (χ3n) is 2.26. The Hall–Kier alpha value is -1.56. The summed E-state index contributed by atoms with van der Waals surface area (Å²) in [6, 6.07) is 1.77. The van der Waals surface area contributed by atoms with E-state index in [0.29, 0.717) is 11.6 Å². The van der Waals surface area contributed by atoms with Crippen LogP contribution in [0.1, 0.15) is 12.6 Å². The minimum Gasteiger partial charge on any atom is -0.372 e. The number of rotatable bonds is 3. The second-order valence-corrected chi connectivity index (χ2v) is 4.13. The van der Waals surface area contributed by atoms with Crippen molar-refractivity contribution in [1.29, 1.82) is 0 Å². The molecule has 2 rings (SSSR count). The van der Waals surface area contributed by atoms with E-state index in [9.17, 15) is 0 Å². The summed E-state index contributed by atoms with van der Waals surface area (Å²) in [5, 5.41) is 3.03. The average Bonchev–Trinajstić information content (AvgIpc) is 2.40. The zero-order valence-corrected chi connectivity index (χ0v) is 11.2. The SMILES string of the molecule is CCc1nc(-c2ncccn2)nc(NC)c1Br. The van der Waals surface area contributed by atoms with Crippen molar-refractivity contribution >= 4 is 21.7 Å². The van der Waals surface area contributed by atoms with Crippen LogP contribution in [0.5, 0.6) is 0 Å². The second-order valence-electron chi connectivity index (χ2n) is 3.33. The zero-order valence-electron chi connectivity index (χ0n) is 9.61. The summed E-state index contributed by atoms with van der Waals surface area (Å²) in [7, 11) is 1.82. The molecule has 0 saturated carbocycles. The van der Waals surface area contributed by atoms with Crippen molar-refractivity contribution in [1.82, 2.24) is 19.9 Å². The van der Waals surface area contributed by atoms with Crippen molar-refractivity contribution in [3.63, 3.8) is 0 Å². The number of aromatic nitrogens is 4. The molecule has 0 fully saturated rings. The van der Waals surface area contributed by atoms with Crippen molar-refractivity contribution < 1.29 is 0 Å². The Balaban J connectivity index is 2.56. The number of halogens is 1. The lowest BCUT2D eigenvalue weighted by Crippen LogP contribution is -2.04. The molecule has 0 aromatic carbocycles. The molecule has 88 valence electrons. The summed E-state index contributed by atoms with van der Waals surface area (Å²) in [5.41, 5.74) is 0.937. The molecule has 0 aliphatic heterocycles. The van der Waals surface area contributed by atoms with Crippen LogP contribution in [0.15, 0.2) is 22.9 Å². The highest BCUT2D eigenvalue weighted by atomic mass is 79.9. The lowest BCUT2D eigenvalue weighted by Gasteiger charge is -2.08. The van der Waals surface area contributed by atoms with E-state index in [1.54, 1.807) is 18.5 Å². The van der Waals surface area contributed by atoms with Gasteiger partial charge in [0, 0.05) is 19.4 Å². The molecule has 2 heterocycles. The number of anilines is 1. The van der Waals surface area contributed by atoms with E-state index in [2.05, 4.69) is 41.2 Å². The number of nitrogens with one attached hydrogen (secondary N) is 1. The summed E-state index contributed by atoms with van der Waals surface area (Å²) in [5.74, 6) is 1.82. The maximum atomic E-state index is 4.45. The molecule has 0 aliphatic carbocycles. The van der Waals surface area contributed by atoms with Gasteiger partial charge in [-0.3, -0.25) is 0 Å². The summed E-state index contributed by atoms with van der Waals surface area (Å²) in [6.45, 7) is 2.04. The minimum absolute atomic E-state index is 0.534. The van der Waals surface area contributed by atoms with E-state index in [1.807, 2.05) is 14.0 Å².